The lowest BCUT2D eigenvalue weighted by Gasteiger charge is -2.30. The predicted octanol–water partition coefficient (Wildman–Crippen LogP) is 1.24. The van der Waals surface area contributed by atoms with Gasteiger partial charge in [0.2, 0.25) is 0 Å². The van der Waals surface area contributed by atoms with Crippen LogP contribution in [0.25, 0.3) is 0 Å². The van der Waals surface area contributed by atoms with Crippen molar-refractivity contribution in [2.24, 2.45) is 0 Å². The smallest absolute Gasteiger partial charge is 0.131 e. The fourth-order valence-electron chi connectivity index (χ4n) is 1.43. The number of ether oxygens (including phenoxy) is 1. The van der Waals surface area contributed by atoms with Crippen LogP contribution >= 0.6 is 0 Å². The molecule has 0 saturated carbocycles. The Hall–Kier alpha value is -0.340. The topological polar surface area (TPSA) is 12.5 Å². The van der Waals surface area contributed by atoms with Gasteiger partial charge in [-0.2, -0.15) is 0 Å². The molecule has 0 fully saturated rings. The Balaban J connectivity index is 2.63. The van der Waals surface area contributed by atoms with Crippen molar-refractivity contribution in [2.45, 2.75) is 19.6 Å². The van der Waals surface area contributed by atoms with E-state index in [0.717, 1.165) is 13.0 Å². The molecule has 0 aromatic carbocycles. The third kappa shape index (κ3) is 1.39. The molecule has 2 nitrogen and oxygen atoms in total. The molecule has 0 aromatic heterocycles. The molecule has 1 aliphatic heterocycles. The van der Waals surface area contributed by atoms with E-state index in [1.54, 1.807) is 7.11 Å². The quantitative estimate of drug-likeness (QED) is 0.509. The molecule has 1 aliphatic rings. The second kappa shape index (κ2) is 3.17. The van der Waals surface area contributed by atoms with Crippen molar-refractivity contribution in [1.82, 2.24) is 4.90 Å². The molecule has 0 aromatic rings. The predicted molar refractivity (Wildman–Crippen MR) is 41.8 cm³/mol. The van der Waals surface area contributed by atoms with Crippen LogP contribution in [0.4, 0.5) is 0 Å². The van der Waals surface area contributed by atoms with E-state index in [2.05, 4.69) is 24.9 Å². The van der Waals surface area contributed by atoms with Gasteiger partial charge in [0.15, 0.2) is 0 Å². The normalized spacial score (nSPS) is 28.3. The number of rotatable bonds is 1. The minimum Gasteiger partial charge on any atom is -0.362 e. The lowest BCUT2D eigenvalue weighted by Crippen LogP contribution is -2.37. The van der Waals surface area contributed by atoms with Gasteiger partial charge in [-0.15, -0.1) is 0 Å². The molecule has 0 radical (unpaired) electrons. The molecule has 0 saturated heterocycles. The average molecular weight is 141 g/mol. The highest BCUT2D eigenvalue weighted by Gasteiger charge is 2.17. The Bertz CT molecular complexity index is 142. The van der Waals surface area contributed by atoms with Gasteiger partial charge in [0.05, 0.1) is 0 Å². The maximum absolute atomic E-state index is 5.27. The SMILES string of the molecule is COC1C(C)=CCCN1C. The van der Waals surface area contributed by atoms with E-state index in [1.807, 2.05) is 0 Å². The van der Waals surface area contributed by atoms with E-state index in [0.29, 0.717) is 0 Å². The molecule has 1 heterocycles. The van der Waals surface area contributed by atoms with Crippen molar-refractivity contribution in [3.63, 3.8) is 0 Å². The monoisotopic (exact) mass is 141 g/mol. The van der Waals surface area contributed by atoms with Crippen LogP contribution in [0.5, 0.6) is 0 Å². The lowest BCUT2D eigenvalue weighted by molar-refractivity contribution is 0.00517. The molecule has 1 atom stereocenters. The Morgan fingerprint density at radius 2 is 2.40 bits per heavy atom. The Morgan fingerprint density at radius 1 is 1.70 bits per heavy atom. The first-order chi connectivity index (χ1) is 4.75. The fourth-order valence-corrected chi connectivity index (χ4v) is 1.43. The van der Waals surface area contributed by atoms with Crippen LogP contribution in [0, 0.1) is 0 Å². The van der Waals surface area contributed by atoms with Crippen molar-refractivity contribution in [3.8, 4) is 0 Å². The van der Waals surface area contributed by atoms with Crippen molar-refractivity contribution in [3.05, 3.63) is 11.6 Å². The van der Waals surface area contributed by atoms with Crippen LogP contribution < -0.4 is 0 Å². The summed E-state index contributed by atoms with van der Waals surface area (Å²) in [4.78, 5) is 2.22. The summed E-state index contributed by atoms with van der Waals surface area (Å²) >= 11 is 0. The number of methoxy groups -OCH3 is 1. The molecule has 0 spiro atoms. The van der Waals surface area contributed by atoms with Crippen molar-refractivity contribution < 1.29 is 4.74 Å². The molecule has 10 heavy (non-hydrogen) atoms. The van der Waals surface area contributed by atoms with Gasteiger partial charge >= 0.3 is 0 Å². The lowest BCUT2D eigenvalue weighted by atomic mass is 10.1. The number of likely N-dealkylation sites (N-methyl/N-ethyl adjacent to an activating group) is 1. The van der Waals surface area contributed by atoms with Crippen molar-refractivity contribution in [2.75, 3.05) is 20.7 Å². The third-order valence-electron chi connectivity index (χ3n) is 1.96. The number of nitrogens with zero attached hydrogens (tertiary/aromatic N) is 1. The van der Waals surface area contributed by atoms with Gasteiger partial charge in [0, 0.05) is 13.7 Å². The van der Waals surface area contributed by atoms with Crippen LogP contribution in [0.1, 0.15) is 13.3 Å². The fraction of sp³-hybridized carbons (Fsp3) is 0.750. The molecule has 0 amide bonds. The molecule has 1 unspecified atom stereocenters. The van der Waals surface area contributed by atoms with Gasteiger partial charge in [0.1, 0.15) is 6.23 Å². The summed E-state index contributed by atoms with van der Waals surface area (Å²) < 4.78 is 5.27. The first-order valence-electron chi connectivity index (χ1n) is 3.65. The molecule has 0 aliphatic carbocycles. The Kier molecular flexibility index (Phi) is 2.46. The molecule has 1 rings (SSSR count). The number of hydrogen-bond donors (Lipinski definition) is 0. The van der Waals surface area contributed by atoms with Crippen molar-refractivity contribution >= 4 is 0 Å². The van der Waals surface area contributed by atoms with E-state index in [4.69, 9.17) is 4.74 Å². The summed E-state index contributed by atoms with van der Waals surface area (Å²) in [5.74, 6) is 0. The summed E-state index contributed by atoms with van der Waals surface area (Å²) in [5.41, 5.74) is 1.33. The van der Waals surface area contributed by atoms with E-state index < -0.39 is 0 Å². The highest BCUT2D eigenvalue weighted by Crippen LogP contribution is 2.15. The van der Waals surface area contributed by atoms with E-state index in [1.165, 1.54) is 5.57 Å². The summed E-state index contributed by atoms with van der Waals surface area (Å²) in [6, 6.07) is 0. The van der Waals surface area contributed by atoms with E-state index >= 15 is 0 Å². The first-order valence-corrected chi connectivity index (χ1v) is 3.65. The molecule has 2 heteroatoms. The zero-order chi connectivity index (χ0) is 7.56. The van der Waals surface area contributed by atoms with Crippen molar-refractivity contribution in [1.29, 1.82) is 0 Å². The first kappa shape index (κ1) is 7.76. The van der Waals surface area contributed by atoms with E-state index in [9.17, 15) is 0 Å². The maximum Gasteiger partial charge on any atom is 0.131 e. The Labute approximate surface area is 62.5 Å². The van der Waals surface area contributed by atoms with Gasteiger partial charge in [-0.3, -0.25) is 4.90 Å². The van der Waals surface area contributed by atoms with Gasteiger partial charge in [-0.05, 0) is 26.0 Å². The van der Waals surface area contributed by atoms with Crippen LogP contribution in [0.2, 0.25) is 0 Å². The standard InChI is InChI=1S/C8H15NO/c1-7-5-4-6-9(2)8(7)10-3/h5,8H,4,6H2,1-3H3. The van der Waals surface area contributed by atoms with Crippen LogP contribution in [0.3, 0.4) is 0 Å². The molecule has 58 valence electrons. The second-order valence-corrected chi connectivity index (χ2v) is 2.81. The van der Waals surface area contributed by atoms with Crippen LogP contribution in [-0.4, -0.2) is 31.8 Å². The number of hydrogen-bond acceptors (Lipinski definition) is 2. The Morgan fingerprint density at radius 3 is 2.80 bits per heavy atom. The minimum atomic E-state index is 0.216. The molecular formula is C8H15NO. The zero-order valence-corrected chi connectivity index (χ0v) is 6.92. The molecule has 0 bridgehead atoms. The summed E-state index contributed by atoms with van der Waals surface area (Å²) in [6.45, 7) is 3.22. The summed E-state index contributed by atoms with van der Waals surface area (Å²) in [5, 5.41) is 0. The van der Waals surface area contributed by atoms with Crippen LogP contribution in [-0.2, 0) is 4.74 Å². The van der Waals surface area contributed by atoms with Gasteiger partial charge in [0.25, 0.3) is 0 Å². The van der Waals surface area contributed by atoms with Crippen LogP contribution in [0.15, 0.2) is 11.6 Å². The highest BCUT2D eigenvalue weighted by atomic mass is 16.5. The zero-order valence-electron chi connectivity index (χ0n) is 6.92. The van der Waals surface area contributed by atoms with Gasteiger partial charge < -0.3 is 4.74 Å². The third-order valence-corrected chi connectivity index (χ3v) is 1.96. The van der Waals surface area contributed by atoms with Gasteiger partial charge in [-0.25, -0.2) is 0 Å². The average Bonchev–Trinajstić information content (AvgIpc) is 1.88. The largest absolute Gasteiger partial charge is 0.362 e. The summed E-state index contributed by atoms with van der Waals surface area (Å²) in [6.07, 6.45) is 3.62. The molecule has 0 N–H and O–H groups in total. The summed E-state index contributed by atoms with van der Waals surface area (Å²) in [7, 11) is 3.84. The highest BCUT2D eigenvalue weighted by molar-refractivity contribution is 5.07. The minimum absolute atomic E-state index is 0.216. The van der Waals surface area contributed by atoms with E-state index in [-0.39, 0.29) is 6.23 Å². The second-order valence-electron chi connectivity index (χ2n) is 2.81. The molecular weight excluding hydrogens is 126 g/mol. The maximum atomic E-state index is 5.27. The van der Waals surface area contributed by atoms with Gasteiger partial charge in [-0.1, -0.05) is 6.08 Å².